The average molecular weight is 320 g/mol. The molecule has 1 N–H and O–H groups in total. The van der Waals surface area contributed by atoms with Gasteiger partial charge in [0.15, 0.2) is 0 Å². The molecule has 2 fully saturated rings. The van der Waals surface area contributed by atoms with Crippen LogP contribution in [0.4, 0.5) is 0 Å². The summed E-state index contributed by atoms with van der Waals surface area (Å²) < 4.78 is 0. The summed E-state index contributed by atoms with van der Waals surface area (Å²) >= 11 is 1.49. The Labute approximate surface area is 135 Å². The van der Waals surface area contributed by atoms with Gasteiger partial charge in [-0.1, -0.05) is 25.3 Å². The van der Waals surface area contributed by atoms with Crippen LogP contribution in [0.25, 0.3) is 0 Å². The van der Waals surface area contributed by atoms with Crippen molar-refractivity contribution in [1.29, 1.82) is 0 Å². The van der Waals surface area contributed by atoms with E-state index >= 15 is 0 Å². The summed E-state index contributed by atoms with van der Waals surface area (Å²) in [6, 6.07) is 3.89. The number of carbonyl (C=O) groups excluding carboxylic acids is 2. The minimum Gasteiger partial charge on any atom is -0.356 e. The molecule has 3 rings (SSSR count). The fraction of sp³-hybridized carbons (Fsp3) is 0.647. The SMILES string of the molecule is O=C1NCCCCCCN(C(=O)c2cccs2)[C@H]2CCC[C@@H]12. The molecule has 0 bridgehead atoms. The zero-order chi connectivity index (χ0) is 15.4. The second-order valence-electron chi connectivity index (χ2n) is 6.29. The number of fused-ring (bicyclic) bond motifs is 1. The van der Waals surface area contributed by atoms with Gasteiger partial charge in [-0.05, 0) is 37.1 Å². The van der Waals surface area contributed by atoms with E-state index in [0.717, 1.165) is 62.9 Å². The van der Waals surface area contributed by atoms with Crippen molar-refractivity contribution >= 4 is 23.2 Å². The summed E-state index contributed by atoms with van der Waals surface area (Å²) in [5.41, 5.74) is 0. The Balaban J connectivity index is 1.82. The molecule has 1 aliphatic carbocycles. The number of nitrogens with one attached hydrogen (secondary N) is 1. The van der Waals surface area contributed by atoms with Gasteiger partial charge in [-0.3, -0.25) is 9.59 Å². The minimum absolute atomic E-state index is 0.0259. The molecule has 5 heteroatoms. The van der Waals surface area contributed by atoms with Gasteiger partial charge >= 0.3 is 0 Å². The molecule has 22 heavy (non-hydrogen) atoms. The van der Waals surface area contributed by atoms with Crippen molar-refractivity contribution in [2.45, 2.75) is 51.0 Å². The van der Waals surface area contributed by atoms with Gasteiger partial charge in [0.1, 0.15) is 0 Å². The van der Waals surface area contributed by atoms with Gasteiger partial charge in [0.2, 0.25) is 5.91 Å². The van der Waals surface area contributed by atoms with E-state index < -0.39 is 0 Å². The first-order valence-corrected chi connectivity index (χ1v) is 9.27. The highest BCUT2D eigenvalue weighted by molar-refractivity contribution is 7.12. The molecule has 1 saturated heterocycles. The summed E-state index contributed by atoms with van der Waals surface area (Å²) in [5, 5.41) is 5.01. The summed E-state index contributed by atoms with van der Waals surface area (Å²) in [4.78, 5) is 28.1. The van der Waals surface area contributed by atoms with E-state index in [1.165, 1.54) is 11.3 Å². The number of hydrogen-bond donors (Lipinski definition) is 1. The molecule has 0 unspecified atom stereocenters. The molecular formula is C17H24N2O2S. The van der Waals surface area contributed by atoms with Crippen molar-refractivity contribution in [3.8, 4) is 0 Å². The highest BCUT2D eigenvalue weighted by Crippen LogP contribution is 2.32. The van der Waals surface area contributed by atoms with Crippen LogP contribution in [-0.2, 0) is 4.79 Å². The van der Waals surface area contributed by atoms with Crippen LogP contribution in [0.3, 0.4) is 0 Å². The van der Waals surface area contributed by atoms with Crippen LogP contribution < -0.4 is 5.32 Å². The quantitative estimate of drug-likeness (QED) is 0.864. The summed E-state index contributed by atoms with van der Waals surface area (Å²) in [6.07, 6.45) is 7.23. The third kappa shape index (κ3) is 3.35. The van der Waals surface area contributed by atoms with Gasteiger partial charge in [-0.2, -0.15) is 0 Å². The molecule has 1 saturated carbocycles. The zero-order valence-electron chi connectivity index (χ0n) is 12.9. The molecule has 1 aromatic rings. The minimum atomic E-state index is -0.0259. The molecule has 2 aliphatic rings. The third-order valence-electron chi connectivity index (χ3n) is 4.83. The molecular weight excluding hydrogens is 296 g/mol. The van der Waals surface area contributed by atoms with Crippen molar-refractivity contribution in [3.05, 3.63) is 22.4 Å². The number of thiophene rings is 1. The fourth-order valence-electron chi connectivity index (χ4n) is 3.68. The van der Waals surface area contributed by atoms with Gasteiger partial charge in [-0.25, -0.2) is 0 Å². The zero-order valence-corrected chi connectivity index (χ0v) is 13.7. The van der Waals surface area contributed by atoms with E-state index in [0.29, 0.717) is 0 Å². The second-order valence-corrected chi connectivity index (χ2v) is 7.23. The summed E-state index contributed by atoms with van der Waals surface area (Å²) in [6.45, 7) is 1.56. The standard InChI is InChI=1S/C17H24N2O2S/c20-16-13-7-5-8-14(13)19(11-4-2-1-3-10-18-16)17(21)15-9-6-12-22-15/h6,9,12-14H,1-5,7-8,10-11H2,(H,18,20)/t13-,14+/m1/s1. The molecule has 1 aliphatic heterocycles. The largest absolute Gasteiger partial charge is 0.356 e. The van der Waals surface area contributed by atoms with Gasteiger partial charge in [0.05, 0.1) is 10.8 Å². The van der Waals surface area contributed by atoms with Crippen LogP contribution in [0, 0.1) is 5.92 Å². The van der Waals surface area contributed by atoms with Crippen LogP contribution in [0.15, 0.2) is 17.5 Å². The lowest BCUT2D eigenvalue weighted by Crippen LogP contribution is -2.47. The van der Waals surface area contributed by atoms with Crippen LogP contribution in [0.2, 0.25) is 0 Å². The van der Waals surface area contributed by atoms with Gasteiger partial charge < -0.3 is 10.2 Å². The van der Waals surface area contributed by atoms with E-state index in [1.54, 1.807) is 0 Å². The number of carbonyl (C=O) groups is 2. The smallest absolute Gasteiger partial charge is 0.264 e. The lowest BCUT2D eigenvalue weighted by molar-refractivity contribution is -0.126. The Hall–Kier alpha value is -1.36. The molecule has 1 aromatic heterocycles. The van der Waals surface area contributed by atoms with Crippen molar-refractivity contribution in [3.63, 3.8) is 0 Å². The predicted molar refractivity (Wildman–Crippen MR) is 88.0 cm³/mol. The van der Waals surface area contributed by atoms with E-state index in [-0.39, 0.29) is 23.8 Å². The predicted octanol–water partition coefficient (Wildman–Crippen LogP) is 3.05. The van der Waals surface area contributed by atoms with Crippen molar-refractivity contribution in [2.24, 2.45) is 5.92 Å². The molecule has 2 amide bonds. The van der Waals surface area contributed by atoms with Crippen LogP contribution in [0.1, 0.15) is 54.6 Å². The Bertz CT molecular complexity index is 515. The first-order valence-electron chi connectivity index (χ1n) is 8.39. The molecule has 120 valence electrons. The molecule has 0 spiro atoms. The van der Waals surface area contributed by atoms with E-state index in [1.807, 2.05) is 22.4 Å². The topological polar surface area (TPSA) is 49.4 Å². The van der Waals surface area contributed by atoms with Crippen LogP contribution in [-0.4, -0.2) is 35.8 Å². The summed E-state index contributed by atoms with van der Waals surface area (Å²) in [5.74, 6) is 0.231. The Morgan fingerprint density at radius 1 is 1.18 bits per heavy atom. The first kappa shape index (κ1) is 15.5. The average Bonchev–Trinajstić information content (AvgIpc) is 3.19. The van der Waals surface area contributed by atoms with Crippen molar-refractivity contribution in [1.82, 2.24) is 10.2 Å². The Kier molecular flexibility index (Phi) is 5.13. The first-order chi connectivity index (χ1) is 10.8. The number of nitrogens with zero attached hydrogens (tertiary/aromatic N) is 1. The maximum Gasteiger partial charge on any atom is 0.264 e. The molecule has 0 radical (unpaired) electrons. The fourth-order valence-corrected chi connectivity index (χ4v) is 4.36. The Morgan fingerprint density at radius 2 is 2.05 bits per heavy atom. The molecule has 0 aromatic carbocycles. The monoisotopic (exact) mass is 320 g/mol. The molecule has 2 atom stereocenters. The van der Waals surface area contributed by atoms with E-state index in [4.69, 9.17) is 0 Å². The van der Waals surface area contributed by atoms with Gasteiger partial charge in [0, 0.05) is 19.1 Å². The third-order valence-corrected chi connectivity index (χ3v) is 5.69. The lowest BCUT2D eigenvalue weighted by Gasteiger charge is -2.32. The highest BCUT2D eigenvalue weighted by Gasteiger charge is 2.39. The van der Waals surface area contributed by atoms with Crippen molar-refractivity contribution in [2.75, 3.05) is 13.1 Å². The van der Waals surface area contributed by atoms with E-state index in [9.17, 15) is 9.59 Å². The number of amides is 2. The normalized spacial score (nSPS) is 26.9. The van der Waals surface area contributed by atoms with Crippen molar-refractivity contribution < 1.29 is 9.59 Å². The van der Waals surface area contributed by atoms with Crippen LogP contribution >= 0.6 is 11.3 Å². The van der Waals surface area contributed by atoms with Gasteiger partial charge in [0.25, 0.3) is 5.91 Å². The molecule has 2 heterocycles. The second kappa shape index (κ2) is 7.27. The van der Waals surface area contributed by atoms with Crippen LogP contribution in [0.5, 0.6) is 0 Å². The highest BCUT2D eigenvalue weighted by atomic mass is 32.1. The van der Waals surface area contributed by atoms with E-state index in [2.05, 4.69) is 5.32 Å². The summed E-state index contributed by atoms with van der Waals surface area (Å²) in [7, 11) is 0. The van der Waals surface area contributed by atoms with Gasteiger partial charge in [-0.15, -0.1) is 11.3 Å². The number of rotatable bonds is 1. The maximum atomic E-state index is 12.9. The maximum absolute atomic E-state index is 12.9. The lowest BCUT2D eigenvalue weighted by atomic mass is 10.0. The number of hydrogen-bond acceptors (Lipinski definition) is 3. The Morgan fingerprint density at radius 3 is 2.86 bits per heavy atom. The molecule has 4 nitrogen and oxygen atoms in total.